The van der Waals surface area contributed by atoms with Crippen LogP contribution in [0.5, 0.6) is 11.5 Å². The zero-order valence-electron chi connectivity index (χ0n) is 15.9. The zero-order valence-corrected chi connectivity index (χ0v) is 19.0. The molecule has 1 aromatic heterocycles. The van der Waals surface area contributed by atoms with Crippen LogP contribution in [0.3, 0.4) is 0 Å². The monoisotopic (exact) mass is 508 g/mol. The average molecular weight is 510 g/mol. The highest BCUT2D eigenvalue weighted by atomic mass is 35.5. The standard InChI is InChI=1S/C22H12Cl3FN2O3S/c23-13-3-1-4-16(26)19(13)21(29)28(22(27)30)11-9-14(24)20(15(25)10-11)31-17-5-2-6-18-12(17)7-8-32-18/h1-10H,(H2,27,30). The minimum Gasteiger partial charge on any atom is -0.454 e. The molecule has 3 amide bonds. The van der Waals surface area contributed by atoms with E-state index >= 15 is 0 Å². The van der Waals surface area contributed by atoms with E-state index in [1.165, 1.54) is 24.3 Å². The summed E-state index contributed by atoms with van der Waals surface area (Å²) in [6, 6.07) is 12.5. The first-order valence-corrected chi connectivity index (χ1v) is 11.0. The van der Waals surface area contributed by atoms with Gasteiger partial charge in [0.25, 0.3) is 5.91 Å². The van der Waals surface area contributed by atoms with Gasteiger partial charge in [-0.3, -0.25) is 4.79 Å². The first-order chi connectivity index (χ1) is 15.3. The predicted octanol–water partition coefficient (Wildman–Crippen LogP) is 7.52. The van der Waals surface area contributed by atoms with Crippen LogP contribution in [0.25, 0.3) is 10.1 Å². The fraction of sp³-hybridized carbons (Fsp3) is 0. The molecule has 5 nitrogen and oxygen atoms in total. The van der Waals surface area contributed by atoms with Gasteiger partial charge in [-0.15, -0.1) is 11.3 Å². The van der Waals surface area contributed by atoms with Crippen molar-refractivity contribution < 1.29 is 18.7 Å². The van der Waals surface area contributed by atoms with Crippen LogP contribution in [0, 0.1) is 5.82 Å². The molecule has 0 spiro atoms. The SMILES string of the molecule is NC(=O)N(C(=O)c1c(F)cccc1Cl)c1cc(Cl)c(Oc2cccc3sccc23)c(Cl)c1. The van der Waals surface area contributed by atoms with Gasteiger partial charge in [0.1, 0.15) is 11.6 Å². The molecule has 0 bridgehead atoms. The topological polar surface area (TPSA) is 72.6 Å². The van der Waals surface area contributed by atoms with Gasteiger partial charge in [-0.25, -0.2) is 14.1 Å². The second kappa shape index (κ2) is 8.96. The molecule has 0 radical (unpaired) electrons. The molecular weight excluding hydrogens is 498 g/mol. The van der Waals surface area contributed by atoms with E-state index in [1.54, 1.807) is 17.4 Å². The Morgan fingerprint density at radius 3 is 2.31 bits per heavy atom. The van der Waals surface area contributed by atoms with E-state index in [4.69, 9.17) is 45.3 Å². The van der Waals surface area contributed by atoms with E-state index in [9.17, 15) is 14.0 Å². The number of ether oxygens (including phenoxy) is 1. The fourth-order valence-corrected chi connectivity index (χ4v) is 4.70. The molecule has 32 heavy (non-hydrogen) atoms. The van der Waals surface area contributed by atoms with Gasteiger partial charge < -0.3 is 10.5 Å². The molecule has 0 aliphatic rings. The molecule has 0 fully saturated rings. The maximum Gasteiger partial charge on any atom is 0.326 e. The third-order valence-electron chi connectivity index (χ3n) is 4.51. The van der Waals surface area contributed by atoms with E-state index in [2.05, 4.69) is 0 Å². The Balaban J connectivity index is 1.74. The maximum atomic E-state index is 14.3. The lowest BCUT2D eigenvalue weighted by Crippen LogP contribution is -2.41. The summed E-state index contributed by atoms with van der Waals surface area (Å²) in [4.78, 5) is 25.6. The lowest BCUT2D eigenvalue weighted by molar-refractivity contribution is 0.0991. The van der Waals surface area contributed by atoms with Crippen molar-refractivity contribution in [2.24, 2.45) is 5.73 Å². The number of nitrogens with zero attached hydrogens (tertiary/aromatic N) is 1. The first kappa shape index (κ1) is 22.4. The molecule has 3 aromatic carbocycles. The van der Waals surface area contributed by atoms with Crippen LogP contribution in [0.2, 0.25) is 15.1 Å². The zero-order chi connectivity index (χ0) is 23.0. The highest BCUT2D eigenvalue weighted by Gasteiger charge is 2.28. The Hall–Kier alpha value is -2.84. The lowest BCUT2D eigenvalue weighted by Gasteiger charge is -2.21. The number of nitrogens with two attached hydrogens (primary N) is 1. The van der Waals surface area contributed by atoms with Gasteiger partial charge in [-0.1, -0.05) is 46.9 Å². The van der Waals surface area contributed by atoms with Gasteiger partial charge in [0.15, 0.2) is 5.75 Å². The molecule has 1 heterocycles. The summed E-state index contributed by atoms with van der Waals surface area (Å²) in [5, 5.41) is 2.64. The van der Waals surface area contributed by atoms with Crippen LogP contribution in [-0.4, -0.2) is 11.9 Å². The molecule has 0 saturated heterocycles. The third kappa shape index (κ3) is 4.12. The van der Waals surface area contributed by atoms with Crippen molar-refractivity contribution in [3.63, 3.8) is 0 Å². The van der Waals surface area contributed by atoms with Crippen molar-refractivity contribution in [2.75, 3.05) is 4.90 Å². The highest BCUT2D eigenvalue weighted by molar-refractivity contribution is 7.17. The van der Waals surface area contributed by atoms with Crippen molar-refractivity contribution in [3.8, 4) is 11.5 Å². The van der Waals surface area contributed by atoms with Gasteiger partial charge >= 0.3 is 6.03 Å². The van der Waals surface area contributed by atoms with E-state index in [1.807, 2.05) is 23.6 Å². The van der Waals surface area contributed by atoms with Gasteiger partial charge in [0.05, 0.1) is 26.3 Å². The second-order valence-corrected chi connectivity index (χ2v) is 8.67. The van der Waals surface area contributed by atoms with Gasteiger partial charge in [-0.2, -0.15) is 0 Å². The number of carbonyl (C=O) groups excluding carboxylic acids is 2. The normalized spacial score (nSPS) is 10.9. The average Bonchev–Trinajstić information content (AvgIpc) is 3.20. The Labute approximate surface area is 200 Å². The van der Waals surface area contributed by atoms with Crippen molar-refractivity contribution in [1.82, 2.24) is 0 Å². The van der Waals surface area contributed by atoms with E-state index in [0.717, 1.165) is 16.2 Å². The number of anilines is 1. The predicted molar refractivity (Wildman–Crippen MR) is 126 cm³/mol. The number of rotatable bonds is 4. The number of fused-ring (bicyclic) bond motifs is 1. The second-order valence-electron chi connectivity index (χ2n) is 6.50. The summed E-state index contributed by atoms with van der Waals surface area (Å²) in [6.45, 7) is 0. The van der Waals surface area contributed by atoms with Crippen molar-refractivity contribution in [3.05, 3.63) is 86.4 Å². The smallest absolute Gasteiger partial charge is 0.326 e. The molecule has 0 aliphatic carbocycles. The van der Waals surface area contributed by atoms with Crippen LogP contribution in [-0.2, 0) is 0 Å². The summed E-state index contributed by atoms with van der Waals surface area (Å²) in [5.74, 6) is -1.32. The number of primary amides is 1. The number of benzene rings is 3. The van der Waals surface area contributed by atoms with Crippen LogP contribution in [0.15, 0.2) is 60.0 Å². The van der Waals surface area contributed by atoms with Crippen molar-refractivity contribution in [2.45, 2.75) is 0 Å². The van der Waals surface area contributed by atoms with Crippen LogP contribution in [0.1, 0.15) is 10.4 Å². The largest absolute Gasteiger partial charge is 0.454 e. The molecule has 162 valence electrons. The molecule has 4 aromatic rings. The number of hydrogen-bond donors (Lipinski definition) is 1. The molecule has 4 rings (SSSR count). The van der Waals surface area contributed by atoms with Gasteiger partial charge in [0, 0.05) is 10.1 Å². The summed E-state index contributed by atoms with van der Waals surface area (Å²) < 4.78 is 21.2. The first-order valence-electron chi connectivity index (χ1n) is 8.99. The molecular formula is C22H12Cl3FN2O3S. The molecule has 0 atom stereocenters. The van der Waals surface area contributed by atoms with Crippen molar-refractivity contribution in [1.29, 1.82) is 0 Å². The molecule has 0 aliphatic heterocycles. The maximum absolute atomic E-state index is 14.3. The molecule has 0 saturated carbocycles. The van der Waals surface area contributed by atoms with E-state index in [0.29, 0.717) is 10.6 Å². The number of hydrogen-bond acceptors (Lipinski definition) is 4. The molecule has 10 heteroatoms. The molecule has 0 unspecified atom stereocenters. The minimum absolute atomic E-state index is 0.0124. The highest BCUT2D eigenvalue weighted by Crippen LogP contribution is 2.42. The van der Waals surface area contributed by atoms with Gasteiger partial charge in [0.2, 0.25) is 0 Å². The van der Waals surface area contributed by atoms with Gasteiger partial charge in [-0.05, 0) is 47.8 Å². The Morgan fingerprint density at radius 2 is 1.66 bits per heavy atom. The lowest BCUT2D eigenvalue weighted by atomic mass is 10.1. The van der Waals surface area contributed by atoms with Crippen LogP contribution < -0.4 is 15.4 Å². The number of imide groups is 1. The Morgan fingerprint density at radius 1 is 0.969 bits per heavy atom. The number of carbonyl (C=O) groups is 2. The number of urea groups is 1. The Kier molecular flexibility index (Phi) is 6.26. The summed E-state index contributed by atoms with van der Waals surface area (Å²) in [7, 11) is 0. The van der Waals surface area contributed by atoms with Crippen molar-refractivity contribution >= 4 is 73.9 Å². The van der Waals surface area contributed by atoms with Crippen LogP contribution in [0.4, 0.5) is 14.9 Å². The van der Waals surface area contributed by atoms with Crippen LogP contribution >= 0.6 is 46.1 Å². The molecule has 2 N–H and O–H groups in total. The number of thiophene rings is 1. The minimum atomic E-state index is -1.17. The fourth-order valence-electron chi connectivity index (χ4n) is 3.10. The summed E-state index contributed by atoms with van der Waals surface area (Å²) in [5.41, 5.74) is 4.82. The summed E-state index contributed by atoms with van der Waals surface area (Å²) >= 11 is 20.3. The Bertz CT molecular complexity index is 1330. The number of amides is 3. The van der Waals surface area contributed by atoms with E-state index in [-0.39, 0.29) is 26.5 Å². The van der Waals surface area contributed by atoms with E-state index < -0.39 is 23.3 Å². The number of halogens is 4. The summed E-state index contributed by atoms with van der Waals surface area (Å²) in [6.07, 6.45) is 0. The third-order valence-corrected chi connectivity index (χ3v) is 6.27. The quantitative estimate of drug-likeness (QED) is 0.309.